The van der Waals surface area contributed by atoms with Crippen molar-refractivity contribution in [3.63, 3.8) is 0 Å². The minimum Gasteiger partial charge on any atom is -0.460 e. The van der Waals surface area contributed by atoms with Crippen LogP contribution in [0.15, 0.2) is 12.2 Å². The average molecular weight is 636 g/mol. The van der Waals surface area contributed by atoms with Crippen LogP contribution in [0.1, 0.15) is 145 Å². The van der Waals surface area contributed by atoms with Gasteiger partial charge in [-0.05, 0) is 79.1 Å². The number of amides is 3. The maximum Gasteiger partial charge on any atom is 0.318 e. The van der Waals surface area contributed by atoms with E-state index >= 15 is 0 Å². The maximum absolute atomic E-state index is 13.7. The van der Waals surface area contributed by atoms with E-state index in [2.05, 4.69) is 50.5 Å². The Kier molecular flexibility index (Phi) is 16.4. The minimum atomic E-state index is -0.844. The topological polar surface area (TPSA) is 106 Å². The van der Waals surface area contributed by atoms with Gasteiger partial charge in [-0.25, -0.2) is 4.79 Å². The van der Waals surface area contributed by atoms with E-state index in [0.29, 0.717) is 13.2 Å². The fraction of sp³-hybridized carbons (Fsp3) is 0.861. The molecule has 1 saturated carbocycles. The molecule has 0 aromatic heterocycles. The molecule has 2 rings (SSSR count). The van der Waals surface area contributed by atoms with Crippen molar-refractivity contribution in [3.05, 3.63) is 12.2 Å². The number of hydrogen-bond acceptors (Lipinski definition) is 6. The Morgan fingerprint density at radius 3 is 2.31 bits per heavy atom. The summed E-state index contributed by atoms with van der Waals surface area (Å²) in [6.45, 7) is 17.2. The van der Waals surface area contributed by atoms with Gasteiger partial charge in [-0.2, -0.15) is 0 Å². The van der Waals surface area contributed by atoms with Crippen LogP contribution in [-0.4, -0.2) is 72.1 Å². The van der Waals surface area contributed by atoms with E-state index in [4.69, 9.17) is 14.2 Å². The monoisotopic (exact) mass is 635 g/mol. The van der Waals surface area contributed by atoms with Crippen molar-refractivity contribution in [3.8, 4) is 0 Å². The number of hydrogen-bond donors (Lipinski definition) is 2. The average Bonchev–Trinajstić information content (AvgIpc) is 2.96. The summed E-state index contributed by atoms with van der Waals surface area (Å²) in [5.41, 5.74) is -0.817. The third-order valence-electron chi connectivity index (χ3n) is 8.89. The Balaban J connectivity index is 1.91. The molecule has 3 amide bonds. The predicted octanol–water partition coefficient (Wildman–Crippen LogP) is 7.42. The minimum absolute atomic E-state index is 0.0595. The Morgan fingerprint density at radius 2 is 1.62 bits per heavy atom. The molecule has 3 unspecified atom stereocenters. The number of allylic oxidation sites excluding steroid dienone is 2. The van der Waals surface area contributed by atoms with Crippen molar-refractivity contribution >= 4 is 17.9 Å². The molecule has 3 atom stereocenters. The Labute approximate surface area is 273 Å². The molecule has 0 aromatic rings. The van der Waals surface area contributed by atoms with Gasteiger partial charge >= 0.3 is 12.0 Å². The number of carbonyl (C=O) groups excluding carboxylic acids is 3. The molecule has 260 valence electrons. The van der Waals surface area contributed by atoms with Crippen molar-refractivity contribution in [2.24, 2.45) is 5.41 Å². The lowest BCUT2D eigenvalue weighted by Gasteiger charge is -2.44. The van der Waals surface area contributed by atoms with Gasteiger partial charge in [-0.1, -0.05) is 72.0 Å². The summed E-state index contributed by atoms with van der Waals surface area (Å²) in [5.74, 6) is -1.46. The van der Waals surface area contributed by atoms with Crippen LogP contribution in [0.4, 0.5) is 4.79 Å². The van der Waals surface area contributed by atoms with Gasteiger partial charge in [0.05, 0.1) is 19.1 Å². The van der Waals surface area contributed by atoms with Crippen LogP contribution in [0.3, 0.4) is 0 Å². The SMILES string of the molecule is CCCCC=CCCCCC(C)(C)NC(=O)N(CCCC)C1CCCCC1OC(=O)CCNC(=O)C1OC(C)(C)OCC1(C)C. The zero-order valence-electron chi connectivity index (χ0n) is 29.8. The van der Waals surface area contributed by atoms with Crippen molar-refractivity contribution in [2.45, 2.75) is 175 Å². The molecular formula is C36H65N3O6. The molecule has 1 saturated heterocycles. The van der Waals surface area contributed by atoms with Gasteiger partial charge in [0.1, 0.15) is 12.2 Å². The van der Waals surface area contributed by atoms with Crippen LogP contribution in [0.2, 0.25) is 0 Å². The maximum atomic E-state index is 13.7. The highest BCUT2D eigenvalue weighted by atomic mass is 16.7. The van der Waals surface area contributed by atoms with Crippen LogP contribution < -0.4 is 10.6 Å². The normalized spacial score (nSPS) is 23.0. The van der Waals surface area contributed by atoms with E-state index in [9.17, 15) is 14.4 Å². The summed E-state index contributed by atoms with van der Waals surface area (Å²) in [7, 11) is 0. The zero-order chi connectivity index (χ0) is 33.5. The standard InChI is InChI=1S/C36H65N3O6/c1-9-11-13-14-15-16-17-20-24-35(5,6)38-33(42)39(26-12-10-2)28-21-18-19-22-29(28)44-30(40)23-25-37-32(41)31-34(3,4)27-43-36(7,8)45-31/h14-15,28-29,31H,9-13,16-27H2,1-8H3,(H,37,41)(H,38,42). The molecule has 45 heavy (non-hydrogen) atoms. The third-order valence-corrected chi connectivity index (χ3v) is 8.89. The lowest BCUT2D eigenvalue weighted by atomic mass is 9.85. The second kappa shape index (κ2) is 18.9. The number of urea groups is 1. The third kappa shape index (κ3) is 14.0. The van der Waals surface area contributed by atoms with Crippen molar-refractivity contribution in [2.75, 3.05) is 19.7 Å². The van der Waals surface area contributed by atoms with Gasteiger partial charge in [0, 0.05) is 24.0 Å². The molecule has 2 aliphatic rings. The quantitative estimate of drug-likeness (QED) is 0.0922. The highest BCUT2D eigenvalue weighted by Crippen LogP contribution is 2.35. The smallest absolute Gasteiger partial charge is 0.318 e. The molecule has 1 heterocycles. The number of nitrogens with one attached hydrogen (secondary N) is 2. The molecule has 0 spiro atoms. The number of rotatable bonds is 18. The number of carbonyl (C=O) groups is 3. The van der Waals surface area contributed by atoms with Gasteiger partial charge in [0.15, 0.2) is 5.79 Å². The molecule has 9 heteroatoms. The molecule has 2 N–H and O–H groups in total. The van der Waals surface area contributed by atoms with Gasteiger partial charge in [-0.15, -0.1) is 0 Å². The highest BCUT2D eigenvalue weighted by Gasteiger charge is 2.45. The number of esters is 1. The summed E-state index contributed by atoms with van der Waals surface area (Å²) >= 11 is 0. The van der Waals surface area contributed by atoms with Gasteiger partial charge in [-0.3, -0.25) is 9.59 Å². The Bertz CT molecular complexity index is 947. The largest absolute Gasteiger partial charge is 0.460 e. The number of nitrogens with zero attached hydrogens (tertiary/aromatic N) is 1. The number of unbranched alkanes of at least 4 members (excludes halogenated alkanes) is 5. The van der Waals surface area contributed by atoms with Crippen LogP contribution in [0.25, 0.3) is 0 Å². The molecule has 0 bridgehead atoms. The predicted molar refractivity (Wildman–Crippen MR) is 180 cm³/mol. The lowest BCUT2D eigenvalue weighted by Crippen LogP contribution is -2.57. The molecule has 1 aliphatic carbocycles. The first kappa shape index (κ1) is 39.1. The molecule has 9 nitrogen and oxygen atoms in total. The summed E-state index contributed by atoms with van der Waals surface area (Å²) in [6, 6.07) is -0.235. The van der Waals surface area contributed by atoms with E-state index in [1.165, 1.54) is 12.8 Å². The molecule has 1 aliphatic heterocycles. The summed E-state index contributed by atoms with van der Waals surface area (Å²) in [5, 5.41) is 6.16. The molecule has 2 fully saturated rings. The van der Waals surface area contributed by atoms with E-state index in [1.807, 2.05) is 18.7 Å². The van der Waals surface area contributed by atoms with Crippen molar-refractivity contribution < 1.29 is 28.6 Å². The highest BCUT2D eigenvalue weighted by molar-refractivity contribution is 5.82. The summed E-state index contributed by atoms with van der Waals surface area (Å²) < 4.78 is 17.6. The molecule has 0 aromatic carbocycles. The Morgan fingerprint density at radius 1 is 0.956 bits per heavy atom. The summed E-state index contributed by atoms with van der Waals surface area (Å²) in [4.78, 5) is 41.6. The van der Waals surface area contributed by atoms with E-state index < -0.39 is 17.3 Å². The fourth-order valence-electron chi connectivity index (χ4n) is 6.06. The van der Waals surface area contributed by atoms with Crippen molar-refractivity contribution in [1.82, 2.24) is 15.5 Å². The second-order valence-electron chi connectivity index (χ2n) is 14.8. The van der Waals surface area contributed by atoms with Crippen LogP contribution in [0.5, 0.6) is 0 Å². The van der Waals surface area contributed by atoms with Crippen LogP contribution in [0, 0.1) is 5.41 Å². The first-order valence-corrected chi connectivity index (χ1v) is 17.7. The molecular weight excluding hydrogens is 570 g/mol. The lowest BCUT2D eigenvalue weighted by molar-refractivity contribution is -0.304. The first-order chi connectivity index (χ1) is 21.2. The van der Waals surface area contributed by atoms with Gasteiger partial charge in [0.25, 0.3) is 0 Å². The number of ether oxygens (including phenoxy) is 3. The van der Waals surface area contributed by atoms with E-state index in [-0.39, 0.29) is 48.6 Å². The van der Waals surface area contributed by atoms with Gasteiger partial charge in [0.2, 0.25) is 5.91 Å². The van der Waals surface area contributed by atoms with Crippen LogP contribution >= 0.6 is 0 Å². The van der Waals surface area contributed by atoms with Crippen molar-refractivity contribution in [1.29, 1.82) is 0 Å². The summed E-state index contributed by atoms with van der Waals surface area (Å²) in [6.07, 6.45) is 16.7. The van der Waals surface area contributed by atoms with E-state index in [1.54, 1.807) is 13.8 Å². The molecule has 0 radical (unpaired) electrons. The van der Waals surface area contributed by atoms with E-state index in [0.717, 1.165) is 70.6 Å². The fourth-order valence-corrected chi connectivity index (χ4v) is 6.06. The van der Waals surface area contributed by atoms with Gasteiger partial charge < -0.3 is 29.7 Å². The second-order valence-corrected chi connectivity index (χ2v) is 14.8. The van der Waals surface area contributed by atoms with Crippen LogP contribution in [-0.2, 0) is 23.8 Å². The zero-order valence-corrected chi connectivity index (χ0v) is 29.8. The Hall–Kier alpha value is -2.13. The first-order valence-electron chi connectivity index (χ1n) is 17.7.